The summed E-state index contributed by atoms with van der Waals surface area (Å²) in [6, 6.07) is 8.51. The van der Waals surface area contributed by atoms with Gasteiger partial charge in [-0.15, -0.1) is 4.72 Å². The highest BCUT2D eigenvalue weighted by molar-refractivity contribution is 7.76. The van der Waals surface area contributed by atoms with Crippen molar-refractivity contribution < 1.29 is 0 Å². The number of hydrogen-bond acceptors (Lipinski definition) is 1. The molecule has 0 aliphatic carbocycles. The SMILES string of the molecule is CN[SH+]c1ccc(C)cc1. The van der Waals surface area contributed by atoms with E-state index in [2.05, 4.69) is 35.9 Å². The van der Waals surface area contributed by atoms with Crippen LogP contribution in [0, 0.1) is 6.92 Å². The van der Waals surface area contributed by atoms with Crippen LogP contribution in [0.4, 0.5) is 0 Å². The molecule has 1 N–H and O–H groups in total. The molecule has 1 rings (SSSR count). The van der Waals surface area contributed by atoms with Gasteiger partial charge in [0.15, 0.2) is 4.90 Å². The molecule has 0 saturated carbocycles. The summed E-state index contributed by atoms with van der Waals surface area (Å²) in [6.07, 6.45) is 0. The normalized spacial score (nSPS) is 9.80. The first-order valence-corrected chi connectivity index (χ1v) is 4.16. The van der Waals surface area contributed by atoms with Crippen LogP contribution in [-0.2, 0) is 11.9 Å². The summed E-state index contributed by atoms with van der Waals surface area (Å²) in [7, 11) is 1.95. The van der Waals surface area contributed by atoms with Crippen molar-refractivity contribution in [1.29, 1.82) is 0 Å². The van der Waals surface area contributed by atoms with Crippen LogP contribution in [-0.4, -0.2) is 7.05 Å². The van der Waals surface area contributed by atoms with E-state index in [1.165, 1.54) is 22.4 Å². The van der Waals surface area contributed by atoms with E-state index in [4.69, 9.17) is 0 Å². The lowest BCUT2D eigenvalue weighted by Crippen LogP contribution is -2.02. The van der Waals surface area contributed by atoms with E-state index in [1.54, 1.807) is 0 Å². The Morgan fingerprint density at radius 2 is 1.80 bits per heavy atom. The van der Waals surface area contributed by atoms with Gasteiger partial charge in [-0.25, -0.2) is 0 Å². The molecule has 0 saturated heterocycles. The summed E-state index contributed by atoms with van der Waals surface area (Å²) in [5, 5.41) is 0. The molecule has 0 heterocycles. The Hall–Kier alpha value is -0.470. The highest BCUT2D eigenvalue weighted by Crippen LogP contribution is 2.03. The van der Waals surface area contributed by atoms with Crippen LogP contribution in [0.25, 0.3) is 0 Å². The quantitative estimate of drug-likeness (QED) is 0.500. The van der Waals surface area contributed by atoms with Gasteiger partial charge in [0.05, 0.1) is 11.9 Å². The monoisotopic (exact) mass is 154 g/mol. The fraction of sp³-hybridized carbons (Fsp3) is 0.250. The fourth-order valence-electron chi connectivity index (χ4n) is 0.748. The average Bonchev–Trinajstić information content (AvgIpc) is 1.95. The van der Waals surface area contributed by atoms with Gasteiger partial charge < -0.3 is 0 Å². The van der Waals surface area contributed by atoms with E-state index in [-0.39, 0.29) is 0 Å². The molecule has 0 bridgehead atoms. The van der Waals surface area contributed by atoms with Crippen LogP contribution in [0.1, 0.15) is 5.56 Å². The molecule has 1 nitrogen and oxygen atoms in total. The summed E-state index contributed by atoms with van der Waals surface area (Å²) in [5.74, 6) is 0. The number of hydrogen-bond donors (Lipinski definition) is 1. The number of rotatable bonds is 2. The van der Waals surface area contributed by atoms with Gasteiger partial charge in [-0.2, -0.15) is 0 Å². The highest BCUT2D eigenvalue weighted by atomic mass is 32.2. The Morgan fingerprint density at radius 1 is 1.20 bits per heavy atom. The summed E-state index contributed by atoms with van der Waals surface area (Å²) in [5.41, 5.74) is 1.31. The molecule has 0 radical (unpaired) electrons. The molecule has 2 heteroatoms. The maximum Gasteiger partial charge on any atom is 0.173 e. The third kappa shape index (κ3) is 2.05. The lowest BCUT2D eigenvalue weighted by Gasteiger charge is -1.90. The first kappa shape index (κ1) is 7.63. The Labute approximate surface area is 66.0 Å². The Bertz CT molecular complexity index is 193. The van der Waals surface area contributed by atoms with Crippen LogP contribution < -0.4 is 4.72 Å². The van der Waals surface area contributed by atoms with Crippen molar-refractivity contribution in [3.05, 3.63) is 29.8 Å². The van der Waals surface area contributed by atoms with Crippen molar-refractivity contribution in [3.8, 4) is 0 Å². The summed E-state index contributed by atoms with van der Waals surface area (Å²) >= 11 is 1.18. The molecule has 0 aliphatic rings. The molecule has 0 fully saturated rings. The average molecular weight is 154 g/mol. The Morgan fingerprint density at radius 3 is 2.30 bits per heavy atom. The van der Waals surface area contributed by atoms with E-state index in [9.17, 15) is 0 Å². The van der Waals surface area contributed by atoms with Crippen LogP contribution in [0.3, 0.4) is 0 Å². The summed E-state index contributed by atoms with van der Waals surface area (Å²) < 4.78 is 3.08. The molecule has 54 valence electrons. The predicted molar refractivity (Wildman–Crippen MR) is 47.3 cm³/mol. The van der Waals surface area contributed by atoms with Gasteiger partial charge in [0, 0.05) is 7.05 Å². The Kier molecular flexibility index (Phi) is 2.78. The van der Waals surface area contributed by atoms with E-state index in [1.807, 2.05) is 7.05 Å². The predicted octanol–water partition coefficient (Wildman–Crippen LogP) is 1.30. The van der Waals surface area contributed by atoms with E-state index in [0.29, 0.717) is 0 Å². The molecule has 0 aliphatic heterocycles. The third-order valence-corrected chi connectivity index (χ3v) is 2.05. The van der Waals surface area contributed by atoms with Gasteiger partial charge >= 0.3 is 0 Å². The zero-order valence-corrected chi connectivity index (χ0v) is 7.15. The second-order valence-corrected chi connectivity index (χ2v) is 3.36. The summed E-state index contributed by atoms with van der Waals surface area (Å²) in [4.78, 5) is 1.31. The van der Waals surface area contributed by atoms with Gasteiger partial charge in [-0.3, -0.25) is 0 Å². The smallest absolute Gasteiger partial charge is 0.139 e. The molecule has 0 unspecified atom stereocenters. The third-order valence-electron chi connectivity index (χ3n) is 1.27. The largest absolute Gasteiger partial charge is 0.173 e. The van der Waals surface area contributed by atoms with E-state index in [0.717, 1.165) is 0 Å². The van der Waals surface area contributed by atoms with Crippen LogP contribution in [0.15, 0.2) is 29.2 Å². The number of nitrogens with one attached hydrogen (secondary N) is 1. The molecule has 0 spiro atoms. The zero-order valence-electron chi connectivity index (χ0n) is 6.26. The van der Waals surface area contributed by atoms with Crippen molar-refractivity contribution in [2.75, 3.05) is 7.05 Å². The number of benzene rings is 1. The minimum atomic E-state index is 1.18. The van der Waals surface area contributed by atoms with E-state index < -0.39 is 0 Å². The first-order valence-electron chi connectivity index (χ1n) is 3.27. The summed E-state index contributed by atoms with van der Waals surface area (Å²) in [6.45, 7) is 2.10. The van der Waals surface area contributed by atoms with Crippen molar-refractivity contribution in [2.24, 2.45) is 0 Å². The number of aryl methyl sites for hydroxylation is 1. The Balaban J connectivity index is 2.69. The standard InChI is InChI=1S/C8H11NS/c1-7-3-5-8(6-4-7)10-9-2/h3-6,9H,1-2H3/p+1. The molecular weight excluding hydrogens is 142 g/mol. The maximum atomic E-state index is 3.08. The van der Waals surface area contributed by atoms with Crippen molar-refractivity contribution in [2.45, 2.75) is 11.8 Å². The van der Waals surface area contributed by atoms with Crippen molar-refractivity contribution in [1.82, 2.24) is 4.72 Å². The second kappa shape index (κ2) is 3.64. The van der Waals surface area contributed by atoms with E-state index >= 15 is 0 Å². The van der Waals surface area contributed by atoms with Gasteiger partial charge in [-0.05, 0) is 19.1 Å². The van der Waals surface area contributed by atoms with Gasteiger partial charge in [0.2, 0.25) is 0 Å². The minimum Gasteiger partial charge on any atom is -0.139 e. The highest BCUT2D eigenvalue weighted by Gasteiger charge is 1.96. The van der Waals surface area contributed by atoms with Gasteiger partial charge in [0.25, 0.3) is 0 Å². The second-order valence-electron chi connectivity index (χ2n) is 2.17. The zero-order chi connectivity index (χ0) is 7.40. The topological polar surface area (TPSA) is 12.0 Å². The van der Waals surface area contributed by atoms with Gasteiger partial charge in [-0.1, -0.05) is 17.7 Å². The molecule has 1 aromatic rings. The molecular formula is C8H12NS+. The van der Waals surface area contributed by atoms with Crippen LogP contribution in [0.2, 0.25) is 0 Å². The molecule has 10 heavy (non-hydrogen) atoms. The molecule has 1 aromatic carbocycles. The fourth-order valence-corrected chi connectivity index (χ4v) is 1.30. The lowest BCUT2D eigenvalue weighted by atomic mass is 10.2. The number of thiol groups is 1. The molecule has 0 atom stereocenters. The first-order chi connectivity index (χ1) is 4.83. The van der Waals surface area contributed by atoms with Crippen LogP contribution in [0.5, 0.6) is 0 Å². The minimum absolute atomic E-state index is 1.18. The van der Waals surface area contributed by atoms with Crippen molar-refractivity contribution >= 4 is 11.9 Å². The maximum absolute atomic E-state index is 3.08. The van der Waals surface area contributed by atoms with Crippen molar-refractivity contribution in [3.63, 3.8) is 0 Å². The lowest BCUT2D eigenvalue weighted by molar-refractivity contribution is 1.26. The molecule has 0 amide bonds. The van der Waals surface area contributed by atoms with Gasteiger partial charge in [0.1, 0.15) is 0 Å². The molecule has 0 aromatic heterocycles. The van der Waals surface area contributed by atoms with Crippen LogP contribution >= 0.6 is 0 Å².